The number of hydrogen-bond acceptors (Lipinski definition) is 5. The van der Waals surface area contributed by atoms with Crippen molar-refractivity contribution in [3.8, 4) is 0 Å². The van der Waals surface area contributed by atoms with Gasteiger partial charge in [-0.15, -0.1) is 0 Å². The SMILES string of the molecule is CCC(C(=O)OC(C)C)n1c(=O)ccc2cc([N+](=O)[O-])ccc21. The highest BCUT2D eigenvalue weighted by molar-refractivity contribution is 5.84. The van der Waals surface area contributed by atoms with Gasteiger partial charge in [-0.05, 0) is 32.4 Å². The standard InChI is InChI=1S/C16H18N2O5/c1-4-13(16(20)23-10(2)3)17-14-7-6-12(18(21)22)9-11(14)5-8-15(17)19/h5-10,13H,4H2,1-3H3. The van der Waals surface area contributed by atoms with E-state index >= 15 is 0 Å². The van der Waals surface area contributed by atoms with Gasteiger partial charge in [-0.25, -0.2) is 4.79 Å². The van der Waals surface area contributed by atoms with Crippen LogP contribution in [0.1, 0.15) is 33.2 Å². The number of fused-ring (bicyclic) bond motifs is 1. The first-order valence-corrected chi connectivity index (χ1v) is 7.35. The van der Waals surface area contributed by atoms with Gasteiger partial charge in [0.1, 0.15) is 6.04 Å². The van der Waals surface area contributed by atoms with Crippen molar-refractivity contribution in [2.45, 2.75) is 39.3 Å². The molecule has 0 amide bonds. The molecule has 1 atom stereocenters. The molecule has 2 rings (SSSR count). The van der Waals surface area contributed by atoms with Crippen molar-refractivity contribution >= 4 is 22.6 Å². The van der Waals surface area contributed by atoms with Gasteiger partial charge in [-0.1, -0.05) is 6.92 Å². The van der Waals surface area contributed by atoms with Crippen LogP contribution in [0.15, 0.2) is 35.1 Å². The Hall–Kier alpha value is -2.70. The number of pyridine rings is 1. The zero-order valence-electron chi connectivity index (χ0n) is 13.2. The fourth-order valence-corrected chi connectivity index (χ4v) is 2.46. The van der Waals surface area contributed by atoms with Crippen LogP contribution in [0.5, 0.6) is 0 Å². The molecule has 7 nitrogen and oxygen atoms in total. The summed E-state index contributed by atoms with van der Waals surface area (Å²) in [5.41, 5.74) is 0.0510. The lowest BCUT2D eigenvalue weighted by atomic mass is 10.1. The number of ether oxygens (including phenoxy) is 1. The van der Waals surface area contributed by atoms with Gasteiger partial charge in [0, 0.05) is 23.6 Å². The van der Waals surface area contributed by atoms with E-state index < -0.39 is 16.9 Å². The largest absolute Gasteiger partial charge is 0.461 e. The number of non-ortho nitro benzene ring substituents is 1. The van der Waals surface area contributed by atoms with Gasteiger partial charge in [0.25, 0.3) is 11.2 Å². The van der Waals surface area contributed by atoms with Crippen LogP contribution >= 0.6 is 0 Å². The molecule has 0 spiro atoms. The zero-order valence-corrected chi connectivity index (χ0v) is 13.2. The maximum absolute atomic E-state index is 12.3. The Morgan fingerprint density at radius 2 is 2.00 bits per heavy atom. The highest BCUT2D eigenvalue weighted by atomic mass is 16.6. The Bertz CT molecular complexity index is 810. The third-order valence-corrected chi connectivity index (χ3v) is 3.45. The van der Waals surface area contributed by atoms with Crippen LogP contribution in [-0.4, -0.2) is 21.6 Å². The Balaban J connectivity index is 2.62. The van der Waals surface area contributed by atoms with Crippen molar-refractivity contribution in [3.63, 3.8) is 0 Å². The summed E-state index contributed by atoms with van der Waals surface area (Å²) >= 11 is 0. The number of benzene rings is 1. The first kappa shape index (κ1) is 16.7. The summed E-state index contributed by atoms with van der Waals surface area (Å²) in [4.78, 5) is 34.9. The molecular weight excluding hydrogens is 300 g/mol. The van der Waals surface area contributed by atoms with E-state index in [9.17, 15) is 19.7 Å². The van der Waals surface area contributed by atoms with E-state index in [1.165, 1.54) is 34.9 Å². The monoisotopic (exact) mass is 318 g/mol. The normalized spacial score (nSPS) is 12.3. The first-order valence-electron chi connectivity index (χ1n) is 7.35. The number of hydrogen-bond donors (Lipinski definition) is 0. The average molecular weight is 318 g/mol. The molecule has 0 radical (unpaired) electrons. The highest BCUT2D eigenvalue weighted by Gasteiger charge is 2.24. The van der Waals surface area contributed by atoms with E-state index in [4.69, 9.17) is 4.74 Å². The molecule has 0 fully saturated rings. The van der Waals surface area contributed by atoms with Gasteiger partial charge in [0.2, 0.25) is 0 Å². The lowest BCUT2D eigenvalue weighted by Crippen LogP contribution is -2.31. The predicted molar refractivity (Wildman–Crippen MR) is 85.4 cm³/mol. The molecule has 1 heterocycles. The predicted octanol–water partition coefficient (Wildman–Crippen LogP) is 2.81. The molecule has 0 saturated carbocycles. The Morgan fingerprint density at radius 1 is 1.30 bits per heavy atom. The minimum Gasteiger partial charge on any atom is -0.461 e. The smallest absolute Gasteiger partial charge is 0.329 e. The Morgan fingerprint density at radius 3 is 2.57 bits per heavy atom. The molecule has 1 unspecified atom stereocenters. The van der Waals surface area contributed by atoms with Gasteiger partial charge in [-0.2, -0.15) is 0 Å². The average Bonchev–Trinajstić information content (AvgIpc) is 2.48. The van der Waals surface area contributed by atoms with Crippen molar-refractivity contribution in [1.82, 2.24) is 4.57 Å². The van der Waals surface area contributed by atoms with Crippen molar-refractivity contribution in [1.29, 1.82) is 0 Å². The number of nitro groups is 1. The van der Waals surface area contributed by atoms with Gasteiger partial charge in [0.15, 0.2) is 0 Å². The molecule has 122 valence electrons. The highest BCUT2D eigenvalue weighted by Crippen LogP contribution is 2.23. The lowest BCUT2D eigenvalue weighted by Gasteiger charge is -2.20. The number of carbonyl (C=O) groups excluding carboxylic acids is 1. The van der Waals surface area contributed by atoms with Crippen LogP contribution in [0, 0.1) is 10.1 Å². The molecule has 0 saturated heterocycles. The maximum Gasteiger partial charge on any atom is 0.329 e. The minimum atomic E-state index is -0.768. The van der Waals surface area contributed by atoms with Gasteiger partial charge in [0.05, 0.1) is 16.5 Å². The number of nitro benzene ring substituents is 1. The van der Waals surface area contributed by atoms with Gasteiger partial charge >= 0.3 is 5.97 Å². The van der Waals surface area contributed by atoms with Crippen molar-refractivity contribution in [2.24, 2.45) is 0 Å². The van der Waals surface area contributed by atoms with E-state index in [1.807, 2.05) is 0 Å². The second-order valence-electron chi connectivity index (χ2n) is 5.45. The third kappa shape index (κ3) is 3.39. The van der Waals surface area contributed by atoms with E-state index in [1.54, 1.807) is 20.8 Å². The molecule has 0 aliphatic rings. The number of nitrogens with zero attached hydrogens (tertiary/aromatic N) is 2. The number of rotatable bonds is 5. The second kappa shape index (κ2) is 6.60. The summed E-state index contributed by atoms with van der Waals surface area (Å²) < 4.78 is 6.55. The summed E-state index contributed by atoms with van der Waals surface area (Å²) in [5.74, 6) is -0.490. The molecule has 1 aromatic carbocycles. The molecular formula is C16H18N2O5. The van der Waals surface area contributed by atoms with Gasteiger partial charge in [-0.3, -0.25) is 19.5 Å². The molecule has 0 aliphatic heterocycles. The van der Waals surface area contributed by atoms with Gasteiger partial charge < -0.3 is 4.74 Å². The number of carbonyl (C=O) groups is 1. The topological polar surface area (TPSA) is 91.4 Å². The molecule has 2 aromatic rings. The minimum absolute atomic E-state index is 0.0690. The second-order valence-corrected chi connectivity index (χ2v) is 5.45. The zero-order chi connectivity index (χ0) is 17.1. The fourth-order valence-electron chi connectivity index (χ4n) is 2.46. The summed E-state index contributed by atoms with van der Waals surface area (Å²) in [6, 6.07) is 6.24. The molecule has 0 N–H and O–H groups in total. The Labute approximate surface area is 132 Å². The van der Waals surface area contributed by atoms with E-state index in [2.05, 4.69) is 0 Å². The van der Waals surface area contributed by atoms with Crippen LogP contribution < -0.4 is 5.56 Å². The molecule has 0 bridgehead atoms. The van der Waals surface area contributed by atoms with E-state index in [0.29, 0.717) is 17.3 Å². The van der Waals surface area contributed by atoms with Crippen molar-refractivity contribution in [2.75, 3.05) is 0 Å². The van der Waals surface area contributed by atoms with Crippen LogP contribution in [0.4, 0.5) is 5.69 Å². The quantitative estimate of drug-likeness (QED) is 0.480. The lowest BCUT2D eigenvalue weighted by molar-refractivity contribution is -0.384. The Kier molecular flexibility index (Phi) is 4.78. The molecule has 7 heteroatoms. The van der Waals surface area contributed by atoms with Crippen molar-refractivity contribution in [3.05, 3.63) is 50.8 Å². The number of esters is 1. The van der Waals surface area contributed by atoms with E-state index in [0.717, 1.165) is 0 Å². The fraction of sp³-hybridized carbons (Fsp3) is 0.375. The van der Waals surface area contributed by atoms with Crippen LogP contribution in [-0.2, 0) is 9.53 Å². The third-order valence-electron chi connectivity index (χ3n) is 3.45. The van der Waals surface area contributed by atoms with Crippen molar-refractivity contribution < 1.29 is 14.5 Å². The number of aromatic nitrogens is 1. The maximum atomic E-state index is 12.3. The first-order chi connectivity index (χ1) is 10.8. The summed E-state index contributed by atoms with van der Waals surface area (Å²) in [5, 5.41) is 11.4. The summed E-state index contributed by atoms with van der Waals surface area (Å²) in [7, 11) is 0. The summed E-state index contributed by atoms with van der Waals surface area (Å²) in [6.45, 7) is 5.25. The van der Waals surface area contributed by atoms with Crippen LogP contribution in [0.3, 0.4) is 0 Å². The van der Waals surface area contributed by atoms with Crippen LogP contribution in [0.25, 0.3) is 10.9 Å². The molecule has 0 aliphatic carbocycles. The molecule has 1 aromatic heterocycles. The molecule has 23 heavy (non-hydrogen) atoms. The van der Waals surface area contributed by atoms with E-state index in [-0.39, 0.29) is 17.4 Å². The summed E-state index contributed by atoms with van der Waals surface area (Å²) in [6.07, 6.45) is 0.0880. The van der Waals surface area contributed by atoms with Crippen LogP contribution in [0.2, 0.25) is 0 Å².